The molecule has 0 aromatic rings. The monoisotopic (exact) mass is 223 g/mol. The summed E-state index contributed by atoms with van der Waals surface area (Å²) in [6, 6.07) is 0. The molecule has 1 unspecified atom stereocenters. The van der Waals surface area contributed by atoms with Crippen LogP contribution in [-0.4, -0.2) is 31.0 Å². The molecular formula is C8H18NO2PS. The molecule has 0 N–H and O–H groups in total. The van der Waals surface area contributed by atoms with Crippen molar-refractivity contribution in [2.24, 2.45) is 5.92 Å². The van der Waals surface area contributed by atoms with Gasteiger partial charge in [0.1, 0.15) is 0 Å². The summed E-state index contributed by atoms with van der Waals surface area (Å²) in [6.45, 7) is 7.54. The van der Waals surface area contributed by atoms with Crippen molar-refractivity contribution in [3.05, 3.63) is 0 Å². The van der Waals surface area contributed by atoms with Crippen molar-refractivity contribution in [2.75, 3.05) is 26.3 Å². The second kappa shape index (κ2) is 4.85. The van der Waals surface area contributed by atoms with E-state index in [0.29, 0.717) is 12.5 Å². The maximum Gasteiger partial charge on any atom is 0.264 e. The summed E-state index contributed by atoms with van der Waals surface area (Å²) < 4.78 is 13.2. The molecule has 0 radical (unpaired) electrons. The van der Waals surface area contributed by atoms with Crippen molar-refractivity contribution in [2.45, 2.75) is 20.8 Å². The Balaban J connectivity index is 2.57. The molecule has 78 valence electrons. The van der Waals surface area contributed by atoms with Crippen molar-refractivity contribution in [1.29, 1.82) is 0 Å². The first kappa shape index (κ1) is 11.6. The predicted molar refractivity (Wildman–Crippen MR) is 58.3 cm³/mol. The second-order valence-corrected chi connectivity index (χ2v) is 6.93. The minimum atomic E-state index is -2.07. The number of hydrogen-bond acceptors (Lipinski definition) is 3. The minimum absolute atomic E-state index is 0.615. The molecule has 1 rings (SSSR count). The Bertz CT molecular complexity index is 210. The highest BCUT2D eigenvalue weighted by Gasteiger charge is 2.33. The molecule has 0 aromatic heterocycles. The van der Waals surface area contributed by atoms with Crippen molar-refractivity contribution in [3.8, 4) is 0 Å². The fraction of sp³-hybridized carbons (Fsp3) is 1.00. The zero-order chi connectivity index (χ0) is 9.90. The van der Waals surface area contributed by atoms with Crippen LogP contribution in [0.3, 0.4) is 0 Å². The van der Waals surface area contributed by atoms with Crippen LogP contribution in [0.5, 0.6) is 0 Å². The van der Waals surface area contributed by atoms with Crippen LogP contribution in [0.25, 0.3) is 0 Å². The van der Waals surface area contributed by atoms with Gasteiger partial charge in [0.25, 0.3) is 6.64 Å². The number of hydrogen-bond donors (Lipinski definition) is 0. The van der Waals surface area contributed by atoms with Gasteiger partial charge in [0.2, 0.25) is 0 Å². The third-order valence-electron chi connectivity index (χ3n) is 1.82. The fourth-order valence-corrected chi connectivity index (χ4v) is 4.24. The molecule has 3 nitrogen and oxygen atoms in total. The van der Waals surface area contributed by atoms with Gasteiger partial charge >= 0.3 is 0 Å². The van der Waals surface area contributed by atoms with Gasteiger partial charge in [-0.15, -0.1) is 0 Å². The van der Waals surface area contributed by atoms with E-state index in [1.54, 1.807) is 0 Å². The van der Waals surface area contributed by atoms with E-state index in [-0.39, 0.29) is 0 Å². The van der Waals surface area contributed by atoms with Crippen LogP contribution in [0, 0.1) is 5.92 Å². The van der Waals surface area contributed by atoms with Crippen molar-refractivity contribution < 1.29 is 9.05 Å². The van der Waals surface area contributed by atoms with E-state index in [1.165, 1.54) is 0 Å². The Morgan fingerprint density at radius 3 is 2.85 bits per heavy atom. The van der Waals surface area contributed by atoms with E-state index >= 15 is 0 Å². The Hall–Kier alpha value is 0.530. The largest absolute Gasteiger partial charge is 0.318 e. The zero-order valence-corrected chi connectivity index (χ0v) is 10.2. The maximum absolute atomic E-state index is 5.53. The van der Waals surface area contributed by atoms with Gasteiger partial charge in [-0.2, -0.15) is 0 Å². The quantitative estimate of drug-likeness (QED) is 0.681. The molecule has 1 heterocycles. The molecule has 1 fully saturated rings. The lowest BCUT2D eigenvalue weighted by atomic mass is 10.2. The van der Waals surface area contributed by atoms with E-state index in [4.69, 9.17) is 20.9 Å². The van der Waals surface area contributed by atoms with Gasteiger partial charge in [-0.25, -0.2) is 4.67 Å². The van der Waals surface area contributed by atoms with Crippen LogP contribution >= 0.6 is 6.64 Å². The van der Waals surface area contributed by atoms with Crippen molar-refractivity contribution in [1.82, 2.24) is 4.67 Å². The molecule has 0 amide bonds. The van der Waals surface area contributed by atoms with Crippen LogP contribution in [0.2, 0.25) is 0 Å². The lowest BCUT2D eigenvalue weighted by Crippen LogP contribution is -2.22. The van der Waals surface area contributed by atoms with E-state index in [1.807, 2.05) is 6.92 Å². The van der Waals surface area contributed by atoms with Gasteiger partial charge in [0.15, 0.2) is 0 Å². The highest BCUT2D eigenvalue weighted by Crippen LogP contribution is 2.55. The van der Waals surface area contributed by atoms with Gasteiger partial charge in [-0.1, -0.05) is 13.8 Å². The average Bonchev–Trinajstić information content (AvgIpc) is 2.32. The Morgan fingerprint density at radius 2 is 2.31 bits per heavy atom. The smallest absolute Gasteiger partial charge is 0.264 e. The molecule has 1 aliphatic rings. The molecule has 0 saturated carbocycles. The molecule has 0 spiro atoms. The summed E-state index contributed by atoms with van der Waals surface area (Å²) >= 11 is 5.40. The van der Waals surface area contributed by atoms with Crippen molar-refractivity contribution in [3.63, 3.8) is 0 Å². The summed E-state index contributed by atoms with van der Waals surface area (Å²) in [4.78, 5) is 0. The lowest BCUT2D eigenvalue weighted by molar-refractivity contribution is 0.273. The van der Waals surface area contributed by atoms with Crippen molar-refractivity contribution >= 4 is 18.4 Å². The molecular weight excluding hydrogens is 205 g/mol. The SMILES string of the molecule is CCOP1(=S)OCCN1CC(C)C. The number of rotatable bonds is 4. The molecule has 1 atom stereocenters. The van der Waals surface area contributed by atoms with E-state index < -0.39 is 6.64 Å². The van der Waals surface area contributed by atoms with Crippen LogP contribution in [0.15, 0.2) is 0 Å². The molecule has 5 heteroatoms. The highest BCUT2D eigenvalue weighted by atomic mass is 32.5. The summed E-state index contributed by atoms with van der Waals surface area (Å²) in [5, 5.41) is 0. The maximum atomic E-state index is 5.53. The average molecular weight is 223 g/mol. The summed E-state index contributed by atoms with van der Waals surface area (Å²) in [5.74, 6) is 0.615. The van der Waals surface area contributed by atoms with E-state index in [0.717, 1.165) is 19.7 Å². The van der Waals surface area contributed by atoms with Gasteiger partial charge < -0.3 is 9.05 Å². The topological polar surface area (TPSA) is 21.7 Å². The Labute approximate surface area is 85.6 Å². The number of nitrogens with zero attached hydrogens (tertiary/aromatic N) is 1. The molecule has 13 heavy (non-hydrogen) atoms. The molecule has 0 aliphatic carbocycles. The van der Waals surface area contributed by atoms with Crippen LogP contribution in [-0.2, 0) is 20.9 Å². The predicted octanol–water partition coefficient (Wildman–Crippen LogP) is 2.24. The molecule has 1 aliphatic heterocycles. The van der Waals surface area contributed by atoms with Crippen LogP contribution in [0.4, 0.5) is 0 Å². The first-order chi connectivity index (χ1) is 6.08. The molecule has 1 saturated heterocycles. The minimum Gasteiger partial charge on any atom is -0.318 e. The van der Waals surface area contributed by atoms with Gasteiger partial charge in [-0.3, -0.25) is 0 Å². The lowest BCUT2D eigenvalue weighted by Gasteiger charge is -2.26. The first-order valence-corrected chi connectivity index (χ1v) is 7.32. The molecule has 0 aromatic carbocycles. The Morgan fingerprint density at radius 1 is 1.62 bits per heavy atom. The van der Waals surface area contributed by atoms with Gasteiger partial charge in [-0.05, 0) is 24.6 Å². The summed E-state index contributed by atoms with van der Waals surface area (Å²) in [6.07, 6.45) is 0. The van der Waals surface area contributed by atoms with Crippen LogP contribution < -0.4 is 0 Å². The van der Waals surface area contributed by atoms with Gasteiger partial charge in [0.05, 0.1) is 13.2 Å². The third kappa shape index (κ3) is 3.00. The van der Waals surface area contributed by atoms with Gasteiger partial charge in [0, 0.05) is 13.1 Å². The summed E-state index contributed by atoms with van der Waals surface area (Å²) in [5.41, 5.74) is 0. The summed E-state index contributed by atoms with van der Waals surface area (Å²) in [7, 11) is 0. The van der Waals surface area contributed by atoms with E-state index in [9.17, 15) is 0 Å². The van der Waals surface area contributed by atoms with Crippen LogP contribution in [0.1, 0.15) is 20.8 Å². The second-order valence-electron chi connectivity index (χ2n) is 3.53. The molecule has 0 bridgehead atoms. The zero-order valence-electron chi connectivity index (χ0n) is 8.52. The first-order valence-electron chi connectivity index (χ1n) is 4.73. The third-order valence-corrected chi connectivity index (χ3v) is 5.29. The van der Waals surface area contributed by atoms with E-state index in [2.05, 4.69) is 18.5 Å². The normalized spacial score (nSPS) is 30.2. The standard InChI is InChI=1S/C8H18NO2PS/c1-4-10-12(13)9(5-6-11-12)7-8(2)3/h8H,4-7H2,1-3H3. The highest BCUT2D eigenvalue weighted by molar-refractivity contribution is 8.08. The fourth-order valence-electron chi connectivity index (χ4n) is 1.36. The Kier molecular flexibility index (Phi) is 4.33.